The first-order valence-corrected chi connectivity index (χ1v) is 8.61. The molecule has 7 heteroatoms. The zero-order valence-corrected chi connectivity index (χ0v) is 14.1. The number of hydrogen-bond acceptors (Lipinski definition) is 5. The van der Waals surface area contributed by atoms with Crippen LogP contribution < -0.4 is 5.32 Å². The van der Waals surface area contributed by atoms with Crippen LogP contribution in [-0.4, -0.2) is 41.5 Å². The number of terminal acetylenes is 1. The summed E-state index contributed by atoms with van der Waals surface area (Å²) in [6.07, 6.45) is 10.6. The number of nitrogens with zero attached hydrogens (tertiary/aromatic N) is 3. The van der Waals surface area contributed by atoms with Crippen LogP contribution in [0.5, 0.6) is 0 Å². The monoisotopic (exact) mass is 342 g/mol. The molecule has 3 rings (SSSR count). The van der Waals surface area contributed by atoms with E-state index in [-0.39, 0.29) is 17.9 Å². The lowest BCUT2D eigenvalue weighted by molar-refractivity contribution is -0.122. The average molecular weight is 342 g/mol. The van der Waals surface area contributed by atoms with Crippen LogP contribution in [0.3, 0.4) is 0 Å². The zero-order chi connectivity index (χ0) is 17.7. The van der Waals surface area contributed by atoms with Gasteiger partial charge in [0.1, 0.15) is 0 Å². The number of piperidine rings is 1. The maximum atomic E-state index is 12.2. The molecule has 3 heterocycles. The summed E-state index contributed by atoms with van der Waals surface area (Å²) in [7, 11) is 0. The Bertz CT molecular complexity index is 676. The number of hydrogen-bond donors (Lipinski definition) is 1. The van der Waals surface area contributed by atoms with E-state index in [9.17, 15) is 9.59 Å². The normalized spacial score (nSPS) is 18.6. The predicted octanol–water partition coefficient (Wildman–Crippen LogP) is 2.36. The summed E-state index contributed by atoms with van der Waals surface area (Å²) in [5.41, 5.74) is -0.414. The van der Waals surface area contributed by atoms with Gasteiger partial charge < -0.3 is 14.6 Å². The van der Waals surface area contributed by atoms with E-state index in [1.807, 2.05) is 0 Å². The standard InChI is InChI=1S/C18H22N4O3/c1-2-3-9-18(20-21-18)10-6-16(23)19-14-7-11-22(12-8-14)17(24)15-5-4-13-25-15/h1,4-5,13-14H,3,6-12H2,(H,19,23). The average Bonchev–Trinajstić information content (AvgIpc) is 3.18. The Kier molecular flexibility index (Phi) is 5.17. The van der Waals surface area contributed by atoms with Crippen molar-refractivity contribution in [3.8, 4) is 12.3 Å². The highest BCUT2D eigenvalue weighted by Crippen LogP contribution is 2.37. The molecule has 2 aliphatic rings. The molecule has 25 heavy (non-hydrogen) atoms. The molecule has 0 atom stereocenters. The summed E-state index contributed by atoms with van der Waals surface area (Å²) >= 11 is 0. The second-order valence-electron chi connectivity index (χ2n) is 6.50. The second kappa shape index (κ2) is 7.51. The van der Waals surface area contributed by atoms with Gasteiger partial charge in [-0.1, -0.05) is 0 Å². The molecule has 1 N–H and O–H groups in total. The van der Waals surface area contributed by atoms with Gasteiger partial charge in [0, 0.05) is 44.8 Å². The van der Waals surface area contributed by atoms with E-state index in [2.05, 4.69) is 21.5 Å². The van der Waals surface area contributed by atoms with Gasteiger partial charge >= 0.3 is 0 Å². The minimum atomic E-state index is -0.414. The fourth-order valence-corrected chi connectivity index (χ4v) is 3.06. The van der Waals surface area contributed by atoms with Crippen LogP contribution in [-0.2, 0) is 4.79 Å². The molecule has 7 nitrogen and oxygen atoms in total. The SMILES string of the molecule is C#CCCC1(CCC(=O)NC2CCN(C(=O)c3ccco3)CC2)N=N1. The summed E-state index contributed by atoms with van der Waals surface area (Å²) < 4.78 is 5.15. The van der Waals surface area contributed by atoms with Crippen molar-refractivity contribution in [3.63, 3.8) is 0 Å². The molecule has 132 valence electrons. The van der Waals surface area contributed by atoms with Crippen LogP contribution in [0.25, 0.3) is 0 Å². The van der Waals surface area contributed by atoms with Crippen molar-refractivity contribution in [1.82, 2.24) is 10.2 Å². The van der Waals surface area contributed by atoms with E-state index in [0.29, 0.717) is 44.5 Å². The lowest BCUT2D eigenvalue weighted by Gasteiger charge is -2.32. The Balaban J connectivity index is 1.37. The first kappa shape index (κ1) is 17.2. The maximum absolute atomic E-state index is 12.2. The Hall–Kier alpha value is -2.62. The molecule has 0 bridgehead atoms. The quantitative estimate of drug-likeness (QED) is 0.772. The Morgan fingerprint density at radius 3 is 2.72 bits per heavy atom. The Labute approximate surface area is 146 Å². The summed E-state index contributed by atoms with van der Waals surface area (Å²) in [5, 5.41) is 11.1. The van der Waals surface area contributed by atoms with Crippen LogP contribution in [0, 0.1) is 12.3 Å². The van der Waals surface area contributed by atoms with Crippen LogP contribution in [0.4, 0.5) is 0 Å². The van der Waals surface area contributed by atoms with Crippen LogP contribution in [0.15, 0.2) is 33.0 Å². The molecule has 2 aliphatic heterocycles. The predicted molar refractivity (Wildman–Crippen MR) is 90.7 cm³/mol. The van der Waals surface area contributed by atoms with Gasteiger partial charge in [-0.25, -0.2) is 0 Å². The van der Waals surface area contributed by atoms with Crippen LogP contribution in [0.1, 0.15) is 49.1 Å². The lowest BCUT2D eigenvalue weighted by Crippen LogP contribution is -2.46. The van der Waals surface area contributed by atoms with E-state index in [1.54, 1.807) is 17.0 Å². The van der Waals surface area contributed by atoms with Crippen molar-refractivity contribution in [3.05, 3.63) is 24.2 Å². The van der Waals surface area contributed by atoms with Crippen molar-refractivity contribution in [2.75, 3.05) is 13.1 Å². The number of carbonyl (C=O) groups is 2. The molecular formula is C18H22N4O3. The molecule has 0 radical (unpaired) electrons. The maximum Gasteiger partial charge on any atom is 0.289 e. The summed E-state index contributed by atoms with van der Waals surface area (Å²) in [6, 6.07) is 3.47. The van der Waals surface area contributed by atoms with Crippen molar-refractivity contribution in [1.29, 1.82) is 0 Å². The van der Waals surface area contributed by atoms with Gasteiger partial charge in [-0.2, -0.15) is 10.2 Å². The third kappa shape index (κ3) is 4.47. The molecule has 0 spiro atoms. The van der Waals surface area contributed by atoms with Gasteiger partial charge in [0.25, 0.3) is 5.91 Å². The molecule has 0 aliphatic carbocycles. The first-order valence-electron chi connectivity index (χ1n) is 8.61. The fraction of sp³-hybridized carbons (Fsp3) is 0.556. The third-order valence-electron chi connectivity index (χ3n) is 4.68. The van der Waals surface area contributed by atoms with E-state index in [4.69, 9.17) is 10.8 Å². The topological polar surface area (TPSA) is 87.3 Å². The van der Waals surface area contributed by atoms with E-state index in [1.165, 1.54) is 6.26 Å². The molecule has 1 aromatic rings. The lowest BCUT2D eigenvalue weighted by atomic mass is 10.0. The largest absolute Gasteiger partial charge is 0.459 e. The van der Waals surface area contributed by atoms with E-state index < -0.39 is 5.66 Å². The van der Waals surface area contributed by atoms with Gasteiger partial charge in [-0.05, 0) is 25.0 Å². The molecule has 1 saturated heterocycles. The third-order valence-corrected chi connectivity index (χ3v) is 4.68. The summed E-state index contributed by atoms with van der Waals surface area (Å²) in [6.45, 7) is 1.22. The molecule has 0 saturated carbocycles. The highest BCUT2D eigenvalue weighted by atomic mass is 16.3. The molecule has 0 aromatic carbocycles. The highest BCUT2D eigenvalue weighted by molar-refractivity contribution is 5.91. The second-order valence-corrected chi connectivity index (χ2v) is 6.50. The molecule has 1 fully saturated rings. The van der Waals surface area contributed by atoms with E-state index in [0.717, 1.165) is 12.8 Å². The smallest absolute Gasteiger partial charge is 0.289 e. The van der Waals surface area contributed by atoms with Crippen molar-refractivity contribution >= 4 is 11.8 Å². The number of furan rings is 1. The number of amides is 2. The van der Waals surface area contributed by atoms with Crippen molar-refractivity contribution in [2.45, 2.75) is 50.2 Å². The molecular weight excluding hydrogens is 320 g/mol. The number of nitrogens with one attached hydrogen (secondary N) is 1. The molecule has 1 aromatic heterocycles. The van der Waals surface area contributed by atoms with Crippen molar-refractivity contribution < 1.29 is 14.0 Å². The minimum absolute atomic E-state index is 0.00759. The van der Waals surface area contributed by atoms with Gasteiger partial charge in [0.05, 0.1) is 6.26 Å². The summed E-state index contributed by atoms with van der Waals surface area (Å²) in [5.74, 6) is 2.85. The van der Waals surface area contributed by atoms with Crippen LogP contribution in [0.2, 0.25) is 0 Å². The minimum Gasteiger partial charge on any atom is -0.459 e. The van der Waals surface area contributed by atoms with Gasteiger partial charge in [-0.15, -0.1) is 12.3 Å². The number of rotatable bonds is 7. The Morgan fingerprint density at radius 1 is 1.36 bits per heavy atom. The Morgan fingerprint density at radius 2 is 2.12 bits per heavy atom. The number of carbonyl (C=O) groups excluding carboxylic acids is 2. The fourth-order valence-electron chi connectivity index (χ4n) is 3.06. The molecule has 2 amide bonds. The first-order chi connectivity index (χ1) is 12.1. The number of likely N-dealkylation sites (tertiary alicyclic amines) is 1. The zero-order valence-electron chi connectivity index (χ0n) is 14.1. The van der Waals surface area contributed by atoms with E-state index >= 15 is 0 Å². The van der Waals surface area contributed by atoms with Gasteiger partial charge in [-0.3, -0.25) is 9.59 Å². The van der Waals surface area contributed by atoms with Crippen LogP contribution >= 0.6 is 0 Å². The highest BCUT2D eigenvalue weighted by Gasteiger charge is 2.39. The van der Waals surface area contributed by atoms with Gasteiger partial charge in [0.15, 0.2) is 11.4 Å². The summed E-state index contributed by atoms with van der Waals surface area (Å²) in [4.78, 5) is 26.1. The van der Waals surface area contributed by atoms with Crippen molar-refractivity contribution in [2.24, 2.45) is 10.2 Å². The molecule has 0 unspecified atom stereocenters. The van der Waals surface area contributed by atoms with Gasteiger partial charge in [0.2, 0.25) is 5.91 Å².